The smallest absolute Gasteiger partial charge is 0.217 e. The summed E-state index contributed by atoms with van der Waals surface area (Å²) in [5.74, 6) is -0.000833. The molecule has 0 aromatic carbocycles. The van der Waals surface area contributed by atoms with Gasteiger partial charge in [-0.1, -0.05) is 0 Å². The SMILES string of the molecule is CC(=O)N[C@H]1CC[C@H](O)C1. The largest absolute Gasteiger partial charge is 0.393 e. The minimum atomic E-state index is -0.197. The quantitative estimate of drug-likeness (QED) is 0.544. The van der Waals surface area contributed by atoms with E-state index < -0.39 is 0 Å². The molecule has 0 radical (unpaired) electrons. The van der Waals surface area contributed by atoms with Crippen LogP contribution in [0.25, 0.3) is 0 Å². The lowest BCUT2D eigenvalue weighted by Gasteiger charge is -2.08. The molecule has 0 bridgehead atoms. The second-order valence-corrected chi connectivity index (χ2v) is 2.86. The summed E-state index contributed by atoms with van der Waals surface area (Å²) >= 11 is 0. The number of aliphatic hydroxyl groups excluding tert-OH is 1. The molecule has 1 aliphatic carbocycles. The summed E-state index contributed by atoms with van der Waals surface area (Å²) in [6.07, 6.45) is 2.27. The second-order valence-electron chi connectivity index (χ2n) is 2.86. The van der Waals surface area contributed by atoms with Gasteiger partial charge in [-0.25, -0.2) is 0 Å². The molecule has 0 aromatic rings. The molecule has 1 rings (SSSR count). The van der Waals surface area contributed by atoms with E-state index >= 15 is 0 Å². The van der Waals surface area contributed by atoms with Crippen LogP contribution in [-0.4, -0.2) is 23.2 Å². The number of nitrogens with one attached hydrogen (secondary N) is 1. The molecule has 10 heavy (non-hydrogen) atoms. The Kier molecular flexibility index (Phi) is 2.27. The molecule has 1 fully saturated rings. The average molecular weight is 143 g/mol. The molecular formula is C7H13NO2. The van der Waals surface area contributed by atoms with E-state index in [2.05, 4.69) is 5.32 Å². The Balaban J connectivity index is 2.24. The van der Waals surface area contributed by atoms with Crippen molar-refractivity contribution in [2.75, 3.05) is 0 Å². The molecule has 2 N–H and O–H groups in total. The number of rotatable bonds is 1. The highest BCUT2D eigenvalue weighted by molar-refractivity contribution is 5.73. The molecule has 0 unspecified atom stereocenters. The van der Waals surface area contributed by atoms with Gasteiger partial charge in [0.1, 0.15) is 0 Å². The predicted octanol–water partition coefficient (Wildman–Crippen LogP) is 0.0359. The Morgan fingerprint density at radius 2 is 2.30 bits per heavy atom. The summed E-state index contributed by atoms with van der Waals surface area (Å²) in [5, 5.41) is 11.8. The van der Waals surface area contributed by atoms with Crippen molar-refractivity contribution in [3.05, 3.63) is 0 Å². The molecule has 0 aliphatic heterocycles. The van der Waals surface area contributed by atoms with Crippen LogP contribution in [0, 0.1) is 0 Å². The maximum Gasteiger partial charge on any atom is 0.217 e. The van der Waals surface area contributed by atoms with Crippen LogP contribution in [0.2, 0.25) is 0 Å². The Bertz CT molecular complexity index is 136. The zero-order valence-corrected chi connectivity index (χ0v) is 6.13. The maximum absolute atomic E-state index is 10.5. The Morgan fingerprint density at radius 1 is 1.60 bits per heavy atom. The zero-order valence-electron chi connectivity index (χ0n) is 6.13. The maximum atomic E-state index is 10.5. The predicted molar refractivity (Wildman–Crippen MR) is 37.5 cm³/mol. The van der Waals surface area contributed by atoms with E-state index in [1.54, 1.807) is 0 Å². The van der Waals surface area contributed by atoms with Gasteiger partial charge in [-0.05, 0) is 19.3 Å². The van der Waals surface area contributed by atoms with Crippen LogP contribution >= 0.6 is 0 Å². The number of hydrogen-bond acceptors (Lipinski definition) is 2. The van der Waals surface area contributed by atoms with E-state index in [1.165, 1.54) is 6.92 Å². The van der Waals surface area contributed by atoms with Gasteiger partial charge < -0.3 is 10.4 Å². The normalized spacial score (nSPS) is 32.2. The van der Waals surface area contributed by atoms with Crippen molar-refractivity contribution >= 4 is 5.91 Å². The van der Waals surface area contributed by atoms with Crippen LogP contribution in [0.3, 0.4) is 0 Å². The zero-order chi connectivity index (χ0) is 7.56. The van der Waals surface area contributed by atoms with Gasteiger partial charge in [-0.15, -0.1) is 0 Å². The van der Waals surface area contributed by atoms with Crippen LogP contribution in [-0.2, 0) is 4.79 Å². The van der Waals surface area contributed by atoms with Gasteiger partial charge >= 0.3 is 0 Å². The van der Waals surface area contributed by atoms with Crippen LogP contribution in [0.4, 0.5) is 0 Å². The van der Waals surface area contributed by atoms with E-state index in [1.807, 2.05) is 0 Å². The Hall–Kier alpha value is -0.570. The van der Waals surface area contributed by atoms with Crippen molar-refractivity contribution in [1.82, 2.24) is 5.32 Å². The van der Waals surface area contributed by atoms with Crippen molar-refractivity contribution in [2.45, 2.75) is 38.3 Å². The molecule has 58 valence electrons. The van der Waals surface area contributed by atoms with E-state index in [0.29, 0.717) is 0 Å². The lowest BCUT2D eigenvalue weighted by atomic mass is 10.2. The fourth-order valence-corrected chi connectivity index (χ4v) is 1.38. The summed E-state index contributed by atoms with van der Waals surface area (Å²) in [6.45, 7) is 1.50. The van der Waals surface area contributed by atoms with E-state index in [-0.39, 0.29) is 18.1 Å². The number of carbonyl (C=O) groups is 1. The molecule has 0 saturated heterocycles. The van der Waals surface area contributed by atoms with Crippen molar-refractivity contribution < 1.29 is 9.90 Å². The number of hydrogen-bond donors (Lipinski definition) is 2. The van der Waals surface area contributed by atoms with Gasteiger partial charge in [-0.3, -0.25) is 4.79 Å². The highest BCUT2D eigenvalue weighted by Crippen LogP contribution is 2.18. The van der Waals surface area contributed by atoms with Gasteiger partial charge in [-0.2, -0.15) is 0 Å². The molecule has 3 nitrogen and oxygen atoms in total. The minimum Gasteiger partial charge on any atom is -0.393 e. The van der Waals surface area contributed by atoms with Gasteiger partial charge in [0.15, 0.2) is 0 Å². The first-order valence-electron chi connectivity index (χ1n) is 3.63. The topological polar surface area (TPSA) is 49.3 Å². The summed E-state index contributed by atoms with van der Waals surface area (Å²) in [7, 11) is 0. The summed E-state index contributed by atoms with van der Waals surface area (Å²) in [4.78, 5) is 10.5. The van der Waals surface area contributed by atoms with Gasteiger partial charge in [0.2, 0.25) is 5.91 Å². The Morgan fingerprint density at radius 3 is 2.70 bits per heavy atom. The van der Waals surface area contributed by atoms with E-state index in [9.17, 15) is 4.79 Å². The summed E-state index contributed by atoms with van der Waals surface area (Å²) in [6, 6.07) is 0.215. The first-order valence-corrected chi connectivity index (χ1v) is 3.63. The fraction of sp³-hybridized carbons (Fsp3) is 0.857. The molecular weight excluding hydrogens is 130 g/mol. The lowest BCUT2D eigenvalue weighted by molar-refractivity contribution is -0.119. The third kappa shape index (κ3) is 1.99. The van der Waals surface area contributed by atoms with Gasteiger partial charge in [0.05, 0.1) is 6.10 Å². The van der Waals surface area contributed by atoms with Crippen LogP contribution in [0.1, 0.15) is 26.2 Å². The second kappa shape index (κ2) is 3.01. The number of aliphatic hydroxyl groups is 1. The minimum absolute atomic E-state index is 0.000833. The van der Waals surface area contributed by atoms with Crippen LogP contribution in [0.5, 0.6) is 0 Å². The number of carbonyl (C=O) groups excluding carboxylic acids is 1. The number of amides is 1. The molecule has 1 amide bonds. The van der Waals surface area contributed by atoms with Crippen LogP contribution in [0.15, 0.2) is 0 Å². The molecule has 1 aliphatic rings. The molecule has 0 heterocycles. The molecule has 1 saturated carbocycles. The van der Waals surface area contributed by atoms with E-state index in [4.69, 9.17) is 5.11 Å². The van der Waals surface area contributed by atoms with Crippen molar-refractivity contribution in [2.24, 2.45) is 0 Å². The third-order valence-corrected chi connectivity index (χ3v) is 1.81. The van der Waals surface area contributed by atoms with E-state index in [0.717, 1.165) is 19.3 Å². The standard InChI is InChI=1S/C7H13NO2/c1-5(9)8-6-2-3-7(10)4-6/h6-7,10H,2-4H2,1H3,(H,8,9)/t6-,7-/m0/s1. The summed E-state index contributed by atoms with van der Waals surface area (Å²) in [5.41, 5.74) is 0. The van der Waals surface area contributed by atoms with Crippen LogP contribution < -0.4 is 5.32 Å². The van der Waals surface area contributed by atoms with Gasteiger partial charge in [0, 0.05) is 13.0 Å². The highest BCUT2D eigenvalue weighted by atomic mass is 16.3. The Labute approximate surface area is 60.4 Å². The monoisotopic (exact) mass is 143 g/mol. The third-order valence-electron chi connectivity index (χ3n) is 1.81. The van der Waals surface area contributed by atoms with Crippen molar-refractivity contribution in [3.8, 4) is 0 Å². The van der Waals surface area contributed by atoms with Crippen molar-refractivity contribution in [1.29, 1.82) is 0 Å². The first kappa shape index (κ1) is 7.54. The molecule has 0 spiro atoms. The average Bonchev–Trinajstić information content (AvgIpc) is 2.13. The molecule has 3 heteroatoms. The van der Waals surface area contributed by atoms with Crippen molar-refractivity contribution in [3.63, 3.8) is 0 Å². The molecule has 0 aromatic heterocycles. The highest BCUT2D eigenvalue weighted by Gasteiger charge is 2.22. The summed E-state index contributed by atoms with van der Waals surface area (Å²) < 4.78 is 0. The fourth-order valence-electron chi connectivity index (χ4n) is 1.38. The lowest BCUT2D eigenvalue weighted by Crippen LogP contribution is -2.30. The first-order chi connectivity index (χ1) is 4.68. The van der Waals surface area contributed by atoms with Gasteiger partial charge in [0.25, 0.3) is 0 Å². The molecule has 2 atom stereocenters.